The fraction of sp³-hybridized carbons (Fsp3) is 1.00. The van der Waals surface area contributed by atoms with Crippen LogP contribution in [0.4, 0.5) is 62.6 Å². The maximum atomic E-state index is 14.8. The average Bonchev–Trinajstić information content (AvgIpc) is 2.74. The Balaban J connectivity index is 8.46. The first kappa shape index (κ1) is 35.3. The van der Waals surface area contributed by atoms with Crippen LogP contribution in [0.25, 0.3) is 0 Å². The number of ether oxygens (including phenoxy) is 1. The fourth-order valence-corrected chi connectivity index (χ4v) is 2.38. The van der Waals surface area contributed by atoms with Crippen LogP contribution in [-0.4, -0.2) is 87.4 Å². The number of halogens is 14. The van der Waals surface area contributed by atoms with Crippen molar-refractivity contribution in [2.45, 2.75) is 35.6 Å². The van der Waals surface area contributed by atoms with Gasteiger partial charge in [0.2, 0.25) is 0 Å². The van der Waals surface area contributed by atoms with E-state index in [4.69, 9.17) is 0 Å². The van der Waals surface area contributed by atoms with E-state index in [0.717, 1.165) is 0 Å². The molecule has 0 aromatic heterocycles. The van der Waals surface area contributed by atoms with Gasteiger partial charge in [-0.2, -0.15) is 0 Å². The van der Waals surface area contributed by atoms with Crippen LogP contribution >= 0.6 is 0 Å². The zero-order valence-corrected chi connectivity index (χ0v) is 16.6. The Labute approximate surface area is 196 Å². The molecule has 33 heteroatoms. The quantitative estimate of drug-likeness (QED) is 0.0601. The van der Waals surface area contributed by atoms with Gasteiger partial charge in [0.1, 0.15) is 19.7 Å². The van der Waals surface area contributed by atoms with E-state index in [0.29, 0.717) is 0 Å². The van der Waals surface area contributed by atoms with Gasteiger partial charge in [0.15, 0.2) is 0 Å². The molecule has 0 spiro atoms. The molecular weight excluding hydrogens is 622 g/mol. The molecule has 0 saturated heterocycles. The molecule has 0 rings (SSSR count). The lowest BCUT2D eigenvalue weighted by Gasteiger charge is -2.41. The molecule has 19 nitrogen and oxygen atoms in total. The molecule has 0 aromatic carbocycles. The van der Waals surface area contributed by atoms with E-state index in [1.165, 1.54) is 0 Å². The fourth-order valence-electron chi connectivity index (χ4n) is 2.38. The van der Waals surface area contributed by atoms with Crippen LogP contribution in [0.3, 0.4) is 0 Å². The summed E-state index contributed by atoms with van der Waals surface area (Å²) in [6.07, 6.45) is -12.6. The van der Waals surface area contributed by atoms with Gasteiger partial charge in [-0.25, -0.2) is 0 Å². The summed E-state index contributed by atoms with van der Waals surface area (Å²) >= 11 is 0. The summed E-state index contributed by atoms with van der Waals surface area (Å²) < 4.78 is 191. The Hall–Kier alpha value is -3.66. The predicted octanol–water partition coefficient (Wildman–Crippen LogP) is 1.83. The first-order valence-electron chi connectivity index (χ1n) is 7.73. The summed E-state index contributed by atoms with van der Waals surface area (Å²) in [7, 11) is 0. The third-order valence-corrected chi connectivity index (χ3v) is 4.16. The maximum Gasteiger partial charge on any atom is 0.646 e. The Morgan fingerprint density at radius 2 is 0.615 bits per heavy atom. The highest BCUT2D eigenvalue weighted by molar-refractivity contribution is 4.95. The van der Waals surface area contributed by atoms with Crippen molar-refractivity contribution in [2.75, 3.05) is 0 Å². The van der Waals surface area contributed by atoms with E-state index in [-0.39, 0.29) is 0 Å². The normalized spacial score (nSPS) is 15.5. The number of rotatable bonds is 16. The van der Waals surface area contributed by atoms with Crippen molar-refractivity contribution in [1.29, 1.82) is 0 Å². The third kappa shape index (κ3) is 5.05. The zero-order valence-electron chi connectivity index (χ0n) is 16.6. The van der Waals surface area contributed by atoms with Gasteiger partial charge in [-0.15, -0.1) is 0 Å². The molecule has 0 N–H and O–H groups in total. The minimum Gasteiger partial charge on any atom is -0.331 e. The summed E-state index contributed by atoms with van der Waals surface area (Å²) in [4.78, 5) is 29.4. The number of hydrogen-bond donors (Lipinski definition) is 0. The van der Waals surface area contributed by atoms with Crippen LogP contribution in [0.1, 0.15) is 0 Å². The van der Waals surface area contributed by atoms with Crippen LogP contribution in [0.15, 0.2) is 0 Å². The number of nitro groups is 4. The van der Waals surface area contributed by atoms with E-state index < -0.39 is 87.4 Å². The molecule has 39 heavy (non-hydrogen) atoms. The van der Waals surface area contributed by atoms with Crippen molar-refractivity contribution in [2.24, 2.45) is 0 Å². The van der Waals surface area contributed by atoms with Gasteiger partial charge < -0.3 is 4.74 Å². The van der Waals surface area contributed by atoms with Crippen LogP contribution in [-0.2, 0) is 4.74 Å². The lowest BCUT2D eigenvalue weighted by Crippen LogP contribution is -2.79. The highest BCUT2D eigenvalue weighted by Crippen LogP contribution is 2.47. The average molecular weight is 624 g/mol. The number of nitrogens with zero attached hydrogens (tertiary/aromatic N) is 10. The molecule has 0 aliphatic rings. The molecule has 0 radical (unpaired) electrons. The van der Waals surface area contributed by atoms with Crippen molar-refractivity contribution < 1.29 is 87.0 Å². The summed E-state index contributed by atoms with van der Waals surface area (Å²) in [6.45, 7) is 0. The second-order valence-electron chi connectivity index (χ2n) is 5.97. The van der Waals surface area contributed by atoms with E-state index in [1.54, 1.807) is 0 Å². The van der Waals surface area contributed by atoms with Gasteiger partial charge >= 0.3 is 35.6 Å². The van der Waals surface area contributed by atoms with Crippen LogP contribution < -0.4 is 0 Å². The molecule has 0 aliphatic heterocycles. The lowest BCUT2D eigenvalue weighted by molar-refractivity contribution is -0.864. The van der Waals surface area contributed by atoms with Crippen molar-refractivity contribution in [3.8, 4) is 0 Å². The van der Waals surface area contributed by atoms with Crippen molar-refractivity contribution in [1.82, 2.24) is 32.1 Å². The molecule has 2 unspecified atom stereocenters. The van der Waals surface area contributed by atoms with E-state index in [9.17, 15) is 103 Å². The summed E-state index contributed by atoms with van der Waals surface area (Å²) in [5.74, 6) is -28.2. The van der Waals surface area contributed by atoms with Crippen molar-refractivity contribution in [3.05, 3.63) is 40.5 Å². The smallest absolute Gasteiger partial charge is 0.331 e. The van der Waals surface area contributed by atoms with Crippen LogP contribution in [0.5, 0.6) is 0 Å². The lowest BCUT2D eigenvalue weighted by atomic mass is 10.1. The second-order valence-corrected chi connectivity index (χ2v) is 5.97. The van der Waals surface area contributed by atoms with Gasteiger partial charge in [-0.1, -0.05) is 62.6 Å². The molecule has 0 heterocycles. The Morgan fingerprint density at radius 1 is 0.462 bits per heavy atom. The Bertz CT molecular complexity index is 800. The van der Waals surface area contributed by atoms with Gasteiger partial charge in [-0.3, -0.25) is 40.5 Å². The molecule has 0 bridgehead atoms. The van der Waals surface area contributed by atoms with E-state index in [2.05, 4.69) is 4.74 Å². The largest absolute Gasteiger partial charge is 0.646 e. The molecular formula is C6H2F14N10O9. The van der Waals surface area contributed by atoms with Crippen molar-refractivity contribution >= 4 is 0 Å². The molecule has 0 amide bonds. The number of alkyl halides is 2. The third-order valence-electron chi connectivity index (χ3n) is 4.16. The summed E-state index contributed by atoms with van der Waals surface area (Å²) in [5.41, 5.74) is 0. The molecule has 0 fully saturated rings. The van der Waals surface area contributed by atoms with Gasteiger partial charge in [0.25, 0.3) is 0 Å². The number of hydrogen-bond acceptors (Lipinski definition) is 15. The van der Waals surface area contributed by atoms with E-state index >= 15 is 0 Å². The van der Waals surface area contributed by atoms with Gasteiger partial charge in [0.05, 0.1) is 32.1 Å². The minimum absolute atomic E-state index is 2.68. The standard InChI is InChI=1S/C6H2F14N10O9/c7-3(27(31)32,28(33)34)1(5(21(9)10,22(11)12)23(13)14)39-2(4(8,29(35)36)30(37)38)6(24(15)16,25(17)18)26(19)20/h1-2H. The van der Waals surface area contributed by atoms with Crippen LogP contribution in [0.2, 0.25) is 0 Å². The monoisotopic (exact) mass is 624 g/mol. The second kappa shape index (κ2) is 11.6. The maximum absolute atomic E-state index is 14.8. The molecule has 0 aromatic rings. The zero-order chi connectivity index (χ0) is 31.6. The van der Waals surface area contributed by atoms with Gasteiger partial charge in [0, 0.05) is 0 Å². The first-order chi connectivity index (χ1) is 17.4. The molecule has 0 saturated carbocycles. The minimum atomic E-state index is -7.11. The summed E-state index contributed by atoms with van der Waals surface area (Å²) in [6, 6.07) is 0. The van der Waals surface area contributed by atoms with E-state index in [1.807, 2.05) is 0 Å². The first-order valence-corrected chi connectivity index (χ1v) is 7.73. The predicted molar refractivity (Wildman–Crippen MR) is 74.1 cm³/mol. The molecule has 228 valence electrons. The Morgan fingerprint density at radius 3 is 0.718 bits per heavy atom. The SMILES string of the molecule is O=[N+]([O-])C(F)(C(OC(C(N(F)F)(N(F)F)N(F)F)C(F)([N+](=O)[O-])[N+](=O)[O-])C(N(F)F)(N(F)F)N(F)F)[N+](=O)[O-]. The van der Waals surface area contributed by atoms with Gasteiger partial charge in [-0.05, 0) is 0 Å². The highest BCUT2D eigenvalue weighted by atomic mass is 19.4. The molecule has 0 aliphatic carbocycles. The van der Waals surface area contributed by atoms with Crippen LogP contribution in [0, 0.1) is 40.5 Å². The topological polar surface area (TPSA) is 201 Å². The Kier molecular flexibility index (Phi) is 10.5. The summed E-state index contributed by atoms with van der Waals surface area (Å²) in [5, 5.41) is 19.3. The van der Waals surface area contributed by atoms with Crippen molar-refractivity contribution in [3.63, 3.8) is 0 Å². The highest BCUT2D eigenvalue weighted by Gasteiger charge is 2.88. The molecule has 2 atom stereocenters.